The van der Waals surface area contributed by atoms with E-state index in [9.17, 15) is 0 Å². The van der Waals surface area contributed by atoms with Crippen molar-refractivity contribution in [3.8, 4) is 0 Å². The van der Waals surface area contributed by atoms with Crippen LogP contribution in [0.25, 0.3) is 0 Å². The van der Waals surface area contributed by atoms with Crippen LogP contribution in [0.4, 0.5) is 0 Å². The number of rotatable bonds is 1. The number of carboxylic acid groups (broad SMARTS) is 4. The molecule has 0 aromatic heterocycles. The lowest BCUT2D eigenvalue weighted by Gasteiger charge is -1.72. The van der Waals surface area contributed by atoms with Crippen molar-refractivity contribution >= 4 is 36.3 Å². The van der Waals surface area contributed by atoms with Crippen LogP contribution < -0.4 is 17.4 Å². The molecule has 0 saturated heterocycles. The van der Waals surface area contributed by atoms with Crippen LogP contribution >= 0.6 is 12.4 Å². The number of nitrogens with two attached hydrogens (primary N) is 3. The first-order valence-electron chi connectivity index (χ1n) is 5.29. The molecule has 0 rings (SSSR count). The second-order valence-electron chi connectivity index (χ2n) is 2.65. The maximum Gasteiger partial charge on any atom is 0.300 e. The maximum absolute atomic E-state index is 9.00. The molecule has 0 heterocycles. The Morgan fingerprint density at radius 3 is 0.652 bits per heavy atom. The van der Waals surface area contributed by atoms with Gasteiger partial charge in [-0.15, -0.1) is 12.4 Å². The predicted molar refractivity (Wildman–Crippen MR) is 84.6 cm³/mol. The smallest absolute Gasteiger partial charge is 0.300 e. The van der Waals surface area contributed by atoms with Crippen molar-refractivity contribution in [3.05, 3.63) is 0 Å². The molecule has 0 radical (unpaired) electrons. The topological polar surface area (TPSA) is 247 Å². The van der Waals surface area contributed by atoms with Gasteiger partial charge >= 0.3 is 0 Å². The number of halogens is 1. The molecule has 23 heavy (non-hydrogen) atoms. The summed E-state index contributed by atoms with van der Waals surface area (Å²) in [7, 11) is 0. The largest absolute Gasteiger partial charge is 0.481 e. The van der Waals surface area contributed by atoms with Gasteiger partial charge < -0.3 is 37.1 Å². The van der Waals surface area contributed by atoms with Crippen molar-refractivity contribution < 1.29 is 44.8 Å². The lowest BCUT2D eigenvalue weighted by atomic mass is 10.7. The summed E-state index contributed by atoms with van der Waals surface area (Å²) in [5, 5.41) is 36.2. The van der Waals surface area contributed by atoms with Crippen LogP contribution in [0.15, 0.2) is 0 Å². The minimum Gasteiger partial charge on any atom is -0.481 e. The molecule has 13 heteroatoms. The van der Waals surface area contributed by atoms with Gasteiger partial charge in [0.15, 0.2) is 0 Å². The van der Waals surface area contributed by atoms with E-state index in [1.165, 1.54) is 0 Å². The highest BCUT2D eigenvalue weighted by Crippen LogP contribution is 1.43. The van der Waals surface area contributed by atoms with E-state index in [-0.39, 0.29) is 12.4 Å². The van der Waals surface area contributed by atoms with Crippen LogP contribution in [0, 0.1) is 0 Å². The van der Waals surface area contributed by atoms with E-state index >= 15 is 0 Å². The van der Waals surface area contributed by atoms with Gasteiger partial charge in [-0.1, -0.05) is 0 Å². The summed E-state index contributed by atoms with van der Waals surface area (Å²) in [4.78, 5) is 36.0. The highest BCUT2D eigenvalue weighted by atomic mass is 35.5. The SMILES string of the molecule is CC(=O)O.CC(=O)O.CC(=O)O.CC(=O)O.Cl.NCCN.NO. The predicted octanol–water partition coefficient (Wildman–Crippen LogP) is -0.976. The zero-order valence-corrected chi connectivity index (χ0v) is 14.2. The van der Waals surface area contributed by atoms with Crippen LogP contribution in [0.1, 0.15) is 27.7 Å². The van der Waals surface area contributed by atoms with Gasteiger partial charge in [0.25, 0.3) is 23.9 Å². The van der Waals surface area contributed by atoms with Gasteiger partial charge in [-0.2, -0.15) is 0 Å². The molecule has 12 nitrogen and oxygen atoms in total. The van der Waals surface area contributed by atoms with E-state index in [0.29, 0.717) is 13.1 Å². The second kappa shape index (κ2) is 50.1. The third-order valence-corrected chi connectivity index (χ3v) is 0.167. The summed E-state index contributed by atoms with van der Waals surface area (Å²) in [6, 6.07) is 0. The van der Waals surface area contributed by atoms with E-state index in [1.807, 2.05) is 0 Å². The number of carbonyl (C=O) groups is 4. The average Bonchev–Trinajstić information content (AvgIpc) is 2.28. The molecule has 0 bridgehead atoms. The van der Waals surface area contributed by atoms with Gasteiger partial charge in [0.1, 0.15) is 0 Å². The highest BCUT2D eigenvalue weighted by molar-refractivity contribution is 5.85. The number of aliphatic carboxylic acids is 4. The minimum absolute atomic E-state index is 0. The van der Waals surface area contributed by atoms with Crippen molar-refractivity contribution in [1.29, 1.82) is 0 Å². The van der Waals surface area contributed by atoms with Gasteiger partial charge in [-0.25, -0.2) is 5.90 Å². The summed E-state index contributed by atoms with van der Waals surface area (Å²) in [5.41, 5.74) is 9.81. The standard InChI is InChI=1S/C2H8N2.4C2H4O2.ClH.H3NO/c3-1-2-4;4*1-2(3)4;;1-2/h1-4H2;4*1H3,(H,3,4);1H;2H,1H2. The minimum atomic E-state index is -0.833. The fourth-order valence-corrected chi connectivity index (χ4v) is 0. The Labute approximate surface area is 140 Å². The Hall–Kier alpha value is -1.99. The van der Waals surface area contributed by atoms with Gasteiger partial charge in [0.2, 0.25) is 0 Å². The fourth-order valence-electron chi connectivity index (χ4n) is 0. The maximum atomic E-state index is 9.00. The molecule has 0 aromatic rings. The van der Waals surface area contributed by atoms with Crippen molar-refractivity contribution in [2.75, 3.05) is 13.1 Å². The highest BCUT2D eigenvalue weighted by Gasteiger charge is 1.66. The molecule has 0 aromatic carbocycles. The molecule has 11 N–H and O–H groups in total. The lowest BCUT2D eigenvalue weighted by Crippen LogP contribution is -2.11. The Morgan fingerprint density at radius 1 is 0.609 bits per heavy atom. The number of hydrogen-bond acceptors (Lipinski definition) is 8. The first-order chi connectivity index (χ1) is 9.84. The first-order valence-corrected chi connectivity index (χ1v) is 5.29. The van der Waals surface area contributed by atoms with E-state index in [4.69, 9.17) is 56.3 Å². The normalized spacial score (nSPS) is 5.91. The molecule has 0 aliphatic rings. The molecule has 0 atom stereocenters. The third kappa shape index (κ3) is 6620. The van der Waals surface area contributed by atoms with Crippen LogP contribution in [-0.4, -0.2) is 62.6 Å². The molecular weight excluding hydrogens is 342 g/mol. The van der Waals surface area contributed by atoms with Crippen LogP contribution in [-0.2, 0) is 19.2 Å². The molecule has 0 aliphatic carbocycles. The molecule has 0 aliphatic heterocycles. The Kier molecular flexibility index (Phi) is 93.4. The molecule has 0 fully saturated rings. The van der Waals surface area contributed by atoms with E-state index < -0.39 is 23.9 Å². The molecule has 0 saturated carbocycles. The average molecular weight is 370 g/mol. The van der Waals surface area contributed by atoms with Crippen LogP contribution in [0.3, 0.4) is 0 Å². The van der Waals surface area contributed by atoms with Gasteiger partial charge in [0, 0.05) is 40.8 Å². The summed E-state index contributed by atoms with van der Waals surface area (Å²) in [5.74, 6) is 0.167. The summed E-state index contributed by atoms with van der Waals surface area (Å²) in [6.07, 6.45) is 0. The Bertz CT molecular complexity index is 200. The van der Waals surface area contributed by atoms with Gasteiger partial charge in [0.05, 0.1) is 0 Å². The molecule has 144 valence electrons. The first kappa shape index (κ1) is 42.9. The molecule has 0 amide bonds. The van der Waals surface area contributed by atoms with Gasteiger partial charge in [-0.05, 0) is 0 Å². The fraction of sp³-hybridized carbons (Fsp3) is 0.600. The monoisotopic (exact) mass is 369 g/mol. The third-order valence-electron chi connectivity index (χ3n) is 0.167. The summed E-state index contributed by atoms with van der Waals surface area (Å²) >= 11 is 0. The summed E-state index contributed by atoms with van der Waals surface area (Å²) < 4.78 is 0. The van der Waals surface area contributed by atoms with E-state index in [0.717, 1.165) is 27.7 Å². The molecule has 0 unspecified atom stereocenters. The van der Waals surface area contributed by atoms with Crippen LogP contribution in [0.5, 0.6) is 0 Å². The Balaban J connectivity index is -0.0000000268. The van der Waals surface area contributed by atoms with Crippen molar-refractivity contribution in [2.45, 2.75) is 27.7 Å². The quantitative estimate of drug-likeness (QED) is 0.260. The Morgan fingerprint density at radius 2 is 0.652 bits per heavy atom. The van der Waals surface area contributed by atoms with Crippen molar-refractivity contribution in [3.63, 3.8) is 0 Å². The van der Waals surface area contributed by atoms with E-state index in [1.54, 1.807) is 0 Å². The zero-order chi connectivity index (χ0) is 19.7. The van der Waals surface area contributed by atoms with E-state index in [2.05, 4.69) is 5.90 Å². The van der Waals surface area contributed by atoms with Crippen LogP contribution in [0.2, 0.25) is 0 Å². The zero-order valence-electron chi connectivity index (χ0n) is 13.4. The molecule has 0 spiro atoms. The number of carboxylic acids is 4. The number of hydrogen-bond donors (Lipinski definition) is 8. The molecular formula is C10H28ClN3O9. The van der Waals surface area contributed by atoms with Crippen molar-refractivity contribution in [1.82, 2.24) is 0 Å². The van der Waals surface area contributed by atoms with Crippen molar-refractivity contribution in [2.24, 2.45) is 17.4 Å². The van der Waals surface area contributed by atoms with Gasteiger partial charge in [-0.3, -0.25) is 19.2 Å². The lowest BCUT2D eigenvalue weighted by molar-refractivity contribution is -0.135. The summed E-state index contributed by atoms with van der Waals surface area (Å²) in [6.45, 7) is 5.53. The second-order valence-corrected chi connectivity index (χ2v) is 2.65.